The average molecular weight is 325 g/mol. The van der Waals surface area contributed by atoms with Gasteiger partial charge in [0.15, 0.2) is 11.5 Å². The zero-order chi connectivity index (χ0) is 17.2. The van der Waals surface area contributed by atoms with Crippen LogP contribution in [0.3, 0.4) is 0 Å². The van der Waals surface area contributed by atoms with Gasteiger partial charge in [-0.1, -0.05) is 51.1 Å². The lowest BCUT2D eigenvalue weighted by Gasteiger charge is -2.18. The third kappa shape index (κ3) is 3.54. The number of aliphatic hydroxyl groups is 1. The maximum Gasteiger partial charge on any atom is 0.178 e. The molecule has 3 rings (SSSR count). The van der Waals surface area contributed by atoms with Gasteiger partial charge in [-0.2, -0.15) is 4.52 Å². The van der Waals surface area contributed by atoms with E-state index < -0.39 is 0 Å². The summed E-state index contributed by atoms with van der Waals surface area (Å²) in [7, 11) is 0. The van der Waals surface area contributed by atoms with E-state index in [1.807, 2.05) is 30.3 Å². The number of hydrogen-bond donors (Lipinski definition) is 2. The highest BCUT2D eigenvalue weighted by atomic mass is 16.3. The molecule has 1 atom stereocenters. The minimum atomic E-state index is -0.147. The summed E-state index contributed by atoms with van der Waals surface area (Å²) in [5.41, 5.74) is 1.74. The normalized spacial score (nSPS) is 13.2. The first-order valence-electron chi connectivity index (χ1n) is 8.11. The molecular formula is C18H23N5O. The van der Waals surface area contributed by atoms with E-state index in [1.165, 1.54) is 5.56 Å². The van der Waals surface area contributed by atoms with Gasteiger partial charge in [0.1, 0.15) is 5.82 Å². The first-order valence-corrected chi connectivity index (χ1v) is 8.11. The molecule has 0 bridgehead atoms. The Hall–Kier alpha value is -2.47. The van der Waals surface area contributed by atoms with Crippen LogP contribution >= 0.6 is 0 Å². The highest BCUT2D eigenvalue weighted by Gasteiger charge is 2.22. The van der Waals surface area contributed by atoms with Gasteiger partial charge in [0, 0.05) is 5.41 Å². The van der Waals surface area contributed by atoms with Crippen LogP contribution in [0.25, 0.3) is 5.65 Å². The van der Waals surface area contributed by atoms with Gasteiger partial charge < -0.3 is 10.4 Å². The van der Waals surface area contributed by atoms with Crippen LogP contribution in [0.4, 0.5) is 5.82 Å². The van der Waals surface area contributed by atoms with Crippen LogP contribution in [0.2, 0.25) is 0 Å². The standard InChI is InChI=1S/C18H23N5O/c1-18(2,3)17-21-20-16-10-9-15(22-23(16)17)19-14(12-24)11-13-7-5-4-6-8-13/h4-10,14,24H,11-12H2,1-3H3,(H,19,22)/t14-/m0/s1. The lowest BCUT2D eigenvalue weighted by molar-refractivity contribution is 0.273. The Morgan fingerprint density at radius 3 is 2.50 bits per heavy atom. The minimum Gasteiger partial charge on any atom is -0.394 e. The van der Waals surface area contributed by atoms with Crippen molar-refractivity contribution in [3.8, 4) is 0 Å². The van der Waals surface area contributed by atoms with Crippen LogP contribution in [0.15, 0.2) is 42.5 Å². The number of hydrogen-bond acceptors (Lipinski definition) is 5. The molecule has 2 heterocycles. The van der Waals surface area contributed by atoms with E-state index in [9.17, 15) is 5.11 Å². The highest BCUT2D eigenvalue weighted by Crippen LogP contribution is 2.21. The molecule has 2 aromatic heterocycles. The third-order valence-electron chi connectivity index (χ3n) is 3.83. The molecule has 0 spiro atoms. The van der Waals surface area contributed by atoms with Crippen molar-refractivity contribution in [1.82, 2.24) is 19.8 Å². The van der Waals surface area contributed by atoms with Crippen molar-refractivity contribution < 1.29 is 5.11 Å². The number of aromatic nitrogens is 4. The Morgan fingerprint density at radius 2 is 1.83 bits per heavy atom. The molecular weight excluding hydrogens is 302 g/mol. The summed E-state index contributed by atoms with van der Waals surface area (Å²) in [5.74, 6) is 1.51. The summed E-state index contributed by atoms with van der Waals surface area (Å²) in [5, 5.41) is 26.0. The Bertz CT molecular complexity index is 807. The van der Waals surface area contributed by atoms with Crippen LogP contribution in [0.5, 0.6) is 0 Å². The molecule has 24 heavy (non-hydrogen) atoms. The van der Waals surface area contributed by atoms with Gasteiger partial charge >= 0.3 is 0 Å². The van der Waals surface area contributed by atoms with E-state index >= 15 is 0 Å². The number of rotatable bonds is 5. The smallest absolute Gasteiger partial charge is 0.178 e. The minimum absolute atomic E-state index is 0.0307. The fourth-order valence-corrected chi connectivity index (χ4v) is 2.60. The van der Waals surface area contributed by atoms with Gasteiger partial charge in [0.2, 0.25) is 0 Å². The van der Waals surface area contributed by atoms with Crippen molar-refractivity contribution >= 4 is 11.5 Å². The molecule has 0 aliphatic rings. The predicted octanol–water partition coefficient (Wildman–Crippen LogP) is 2.44. The zero-order valence-electron chi connectivity index (χ0n) is 14.3. The van der Waals surface area contributed by atoms with Gasteiger partial charge in [-0.05, 0) is 24.1 Å². The molecule has 0 saturated carbocycles. The van der Waals surface area contributed by atoms with E-state index in [1.54, 1.807) is 4.52 Å². The molecule has 0 aliphatic carbocycles. The van der Waals surface area contributed by atoms with E-state index in [0.717, 1.165) is 12.2 Å². The molecule has 2 N–H and O–H groups in total. The van der Waals surface area contributed by atoms with Gasteiger partial charge in [-0.25, -0.2) is 0 Å². The second-order valence-electron chi connectivity index (χ2n) is 6.98. The van der Waals surface area contributed by atoms with Crippen LogP contribution in [-0.2, 0) is 11.8 Å². The molecule has 0 fully saturated rings. The molecule has 6 heteroatoms. The monoisotopic (exact) mass is 325 g/mol. The topological polar surface area (TPSA) is 75.3 Å². The molecule has 0 saturated heterocycles. The first kappa shape index (κ1) is 16.4. The van der Waals surface area contributed by atoms with Crippen molar-refractivity contribution in [2.24, 2.45) is 0 Å². The van der Waals surface area contributed by atoms with Crippen molar-refractivity contribution in [2.45, 2.75) is 38.6 Å². The Balaban J connectivity index is 1.83. The number of nitrogens with zero attached hydrogens (tertiary/aromatic N) is 4. The maximum absolute atomic E-state index is 9.68. The second-order valence-corrected chi connectivity index (χ2v) is 6.98. The molecule has 126 valence electrons. The Morgan fingerprint density at radius 1 is 1.08 bits per heavy atom. The molecule has 3 aromatic rings. The quantitative estimate of drug-likeness (QED) is 0.753. The Kier molecular flexibility index (Phi) is 4.49. The van der Waals surface area contributed by atoms with Gasteiger partial charge in [0.05, 0.1) is 12.6 Å². The van der Waals surface area contributed by atoms with Crippen LogP contribution in [0, 0.1) is 0 Å². The number of anilines is 1. The largest absolute Gasteiger partial charge is 0.394 e. The van der Waals surface area contributed by atoms with Crippen LogP contribution in [-0.4, -0.2) is 37.6 Å². The van der Waals surface area contributed by atoms with Crippen molar-refractivity contribution in [2.75, 3.05) is 11.9 Å². The summed E-state index contributed by atoms with van der Waals surface area (Å²) in [6.07, 6.45) is 0.728. The van der Waals surface area contributed by atoms with Crippen LogP contribution in [0.1, 0.15) is 32.2 Å². The van der Waals surface area contributed by atoms with E-state index in [-0.39, 0.29) is 18.1 Å². The molecule has 0 amide bonds. The number of nitrogens with one attached hydrogen (secondary N) is 1. The van der Waals surface area contributed by atoms with Gasteiger partial charge in [-0.3, -0.25) is 0 Å². The van der Waals surface area contributed by atoms with E-state index in [4.69, 9.17) is 0 Å². The van der Waals surface area contributed by atoms with Crippen LogP contribution < -0.4 is 5.32 Å². The average Bonchev–Trinajstić information content (AvgIpc) is 2.98. The van der Waals surface area contributed by atoms with Crippen molar-refractivity contribution in [1.29, 1.82) is 0 Å². The molecule has 0 radical (unpaired) electrons. The SMILES string of the molecule is CC(C)(C)c1nnc2ccc(N[C@H](CO)Cc3ccccc3)nn12. The fraction of sp³-hybridized carbons (Fsp3) is 0.389. The zero-order valence-corrected chi connectivity index (χ0v) is 14.3. The lowest BCUT2D eigenvalue weighted by Crippen LogP contribution is -2.27. The second kappa shape index (κ2) is 6.57. The number of aliphatic hydroxyl groups excluding tert-OH is 1. The van der Waals surface area contributed by atoms with Gasteiger partial charge in [0.25, 0.3) is 0 Å². The summed E-state index contributed by atoms with van der Waals surface area (Å²) >= 11 is 0. The van der Waals surface area contributed by atoms with Gasteiger partial charge in [-0.15, -0.1) is 15.3 Å². The van der Waals surface area contributed by atoms with E-state index in [2.05, 4.69) is 53.5 Å². The highest BCUT2D eigenvalue weighted by molar-refractivity contribution is 5.45. The van der Waals surface area contributed by atoms with Crippen molar-refractivity contribution in [3.63, 3.8) is 0 Å². The molecule has 0 aliphatic heterocycles. The van der Waals surface area contributed by atoms with Crippen molar-refractivity contribution in [3.05, 3.63) is 53.9 Å². The molecule has 1 aromatic carbocycles. The summed E-state index contributed by atoms with van der Waals surface area (Å²) in [6, 6.07) is 13.7. The Labute approximate surface area is 141 Å². The lowest BCUT2D eigenvalue weighted by atomic mass is 9.96. The summed E-state index contributed by atoms with van der Waals surface area (Å²) in [6.45, 7) is 6.27. The molecule has 6 nitrogen and oxygen atoms in total. The maximum atomic E-state index is 9.68. The fourth-order valence-electron chi connectivity index (χ4n) is 2.60. The number of fused-ring (bicyclic) bond motifs is 1. The summed E-state index contributed by atoms with van der Waals surface area (Å²) < 4.78 is 1.76. The predicted molar refractivity (Wildman–Crippen MR) is 94.1 cm³/mol. The first-order chi connectivity index (χ1) is 11.5. The van der Waals surface area contributed by atoms with E-state index in [0.29, 0.717) is 11.5 Å². The summed E-state index contributed by atoms with van der Waals surface area (Å²) in [4.78, 5) is 0. The number of benzene rings is 1. The third-order valence-corrected chi connectivity index (χ3v) is 3.83. The molecule has 0 unspecified atom stereocenters.